The van der Waals surface area contributed by atoms with Crippen LogP contribution in [0.1, 0.15) is 73.1 Å². The summed E-state index contributed by atoms with van der Waals surface area (Å²) < 4.78 is 47.2. The SMILES string of the molecule is COC(=O)c1c(F)ccc(C2C[C@H](CN(C(=O)OC(C)(C)C)[C@H](C)c3cccc4ccccc34)Oc3ccccc32)c1F. The van der Waals surface area contributed by atoms with Crippen LogP contribution >= 0.6 is 0 Å². The minimum absolute atomic E-state index is 0.136. The molecule has 4 aromatic rings. The molecule has 1 aliphatic heterocycles. The number of para-hydroxylation sites is 1. The number of nitrogens with zero attached hydrogens (tertiary/aromatic N) is 1. The van der Waals surface area contributed by atoms with Gasteiger partial charge < -0.3 is 14.2 Å². The van der Waals surface area contributed by atoms with Gasteiger partial charge in [0.05, 0.1) is 19.7 Å². The van der Waals surface area contributed by atoms with Gasteiger partial charge in [0, 0.05) is 11.5 Å². The Balaban J connectivity index is 1.54. The monoisotopic (exact) mass is 587 g/mol. The average Bonchev–Trinajstić information content (AvgIpc) is 2.98. The van der Waals surface area contributed by atoms with Crippen molar-refractivity contribution in [1.82, 2.24) is 4.90 Å². The van der Waals surface area contributed by atoms with Gasteiger partial charge in [0.25, 0.3) is 0 Å². The van der Waals surface area contributed by atoms with E-state index in [1.807, 2.05) is 88.4 Å². The summed E-state index contributed by atoms with van der Waals surface area (Å²) in [5.41, 5.74) is 0.321. The van der Waals surface area contributed by atoms with Crippen molar-refractivity contribution in [3.63, 3.8) is 0 Å². The fourth-order valence-electron chi connectivity index (χ4n) is 5.74. The van der Waals surface area contributed by atoms with E-state index in [0.717, 1.165) is 29.5 Å². The highest BCUT2D eigenvalue weighted by Crippen LogP contribution is 2.43. The highest BCUT2D eigenvalue weighted by Gasteiger charge is 2.37. The molecule has 8 heteroatoms. The second-order valence-corrected chi connectivity index (χ2v) is 11.8. The maximum absolute atomic E-state index is 15.8. The number of ether oxygens (including phenoxy) is 3. The third-order valence-corrected chi connectivity index (χ3v) is 7.74. The lowest BCUT2D eigenvalue weighted by Gasteiger charge is -2.38. The van der Waals surface area contributed by atoms with E-state index in [0.29, 0.717) is 11.3 Å². The summed E-state index contributed by atoms with van der Waals surface area (Å²) in [5.74, 6) is -3.11. The van der Waals surface area contributed by atoms with Gasteiger partial charge in [-0.15, -0.1) is 0 Å². The summed E-state index contributed by atoms with van der Waals surface area (Å²) >= 11 is 0. The van der Waals surface area contributed by atoms with Crippen LogP contribution in [0.2, 0.25) is 0 Å². The number of benzene rings is 4. The first kappa shape index (κ1) is 30.0. The normalized spacial score (nSPS) is 17.0. The molecule has 0 fully saturated rings. The third kappa shape index (κ3) is 6.19. The van der Waals surface area contributed by atoms with Crippen molar-refractivity contribution < 1.29 is 32.6 Å². The smallest absolute Gasteiger partial charge is 0.410 e. The average molecular weight is 588 g/mol. The van der Waals surface area contributed by atoms with Crippen LogP contribution in [0.25, 0.3) is 10.8 Å². The van der Waals surface area contributed by atoms with E-state index in [1.165, 1.54) is 6.07 Å². The van der Waals surface area contributed by atoms with E-state index in [9.17, 15) is 14.0 Å². The van der Waals surface area contributed by atoms with Crippen LogP contribution in [0.4, 0.5) is 13.6 Å². The van der Waals surface area contributed by atoms with Crippen molar-refractivity contribution in [3.05, 3.63) is 113 Å². The molecule has 4 aromatic carbocycles. The zero-order valence-electron chi connectivity index (χ0n) is 24.9. The quantitative estimate of drug-likeness (QED) is 0.213. The number of fused-ring (bicyclic) bond motifs is 2. The summed E-state index contributed by atoms with van der Waals surface area (Å²) in [6.45, 7) is 7.51. The van der Waals surface area contributed by atoms with E-state index in [4.69, 9.17) is 9.47 Å². The van der Waals surface area contributed by atoms with Gasteiger partial charge >= 0.3 is 12.1 Å². The fraction of sp³-hybridized carbons (Fsp3) is 0.314. The lowest BCUT2D eigenvalue weighted by Crippen LogP contribution is -2.45. The van der Waals surface area contributed by atoms with E-state index < -0.39 is 52.9 Å². The number of esters is 1. The van der Waals surface area contributed by atoms with Gasteiger partial charge in [0.1, 0.15) is 34.7 Å². The number of rotatable bonds is 6. The maximum Gasteiger partial charge on any atom is 0.410 e. The van der Waals surface area contributed by atoms with Crippen LogP contribution in [-0.4, -0.2) is 42.3 Å². The molecule has 224 valence electrons. The molecule has 0 N–H and O–H groups in total. The Morgan fingerprint density at radius 3 is 2.40 bits per heavy atom. The van der Waals surface area contributed by atoms with E-state index in [-0.39, 0.29) is 18.5 Å². The minimum atomic E-state index is -1.09. The molecule has 1 unspecified atom stereocenters. The van der Waals surface area contributed by atoms with E-state index >= 15 is 4.39 Å². The van der Waals surface area contributed by atoms with Gasteiger partial charge in [0.15, 0.2) is 0 Å². The number of methoxy groups -OCH3 is 1. The Kier molecular flexibility index (Phi) is 8.40. The molecule has 0 spiro atoms. The Hall–Kier alpha value is -4.46. The molecule has 0 saturated carbocycles. The lowest BCUT2D eigenvalue weighted by molar-refractivity contribution is 0.00564. The predicted octanol–water partition coefficient (Wildman–Crippen LogP) is 8.19. The van der Waals surface area contributed by atoms with Crippen LogP contribution in [0, 0.1) is 11.6 Å². The molecular weight excluding hydrogens is 552 g/mol. The molecule has 0 aromatic heterocycles. The van der Waals surface area contributed by atoms with Crippen molar-refractivity contribution in [2.45, 2.75) is 57.8 Å². The van der Waals surface area contributed by atoms with Crippen LogP contribution in [0.5, 0.6) is 5.75 Å². The second kappa shape index (κ2) is 12.0. The molecular formula is C35H35F2NO5. The minimum Gasteiger partial charge on any atom is -0.488 e. The standard InChI is InChI=1S/C35H35F2NO5/c1-21(24-15-10-12-22-11-6-7-13-25(22)24)38(34(40)43-35(2,3)4)20-23-19-28(26-14-8-9-16-30(26)42-23)27-17-18-29(36)31(32(27)37)33(39)41-5/h6-18,21,23,28H,19-20H2,1-5H3/t21-,23-,28?/m1/s1. The first-order chi connectivity index (χ1) is 20.5. The van der Waals surface area contributed by atoms with Gasteiger partial charge in [-0.25, -0.2) is 18.4 Å². The van der Waals surface area contributed by atoms with Gasteiger partial charge in [-0.1, -0.05) is 66.7 Å². The molecule has 0 bridgehead atoms. The molecule has 1 heterocycles. The van der Waals surface area contributed by atoms with Crippen molar-refractivity contribution in [2.24, 2.45) is 0 Å². The first-order valence-corrected chi connectivity index (χ1v) is 14.3. The summed E-state index contributed by atoms with van der Waals surface area (Å²) in [4.78, 5) is 27.6. The number of amides is 1. The molecule has 0 aliphatic carbocycles. The van der Waals surface area contributed by atoms with Crippen molar-refractivity contribution in [2.75, 3.05) is 13.7 Å². The highest BCUT2D eigenvalue weighted by molar-refractivity contribution is 5.90. The summed E-state index contributed by atoms with van der Waals surface area (Å²) in [6, 6.07) is 23.2. The molecule has 6 nitrogen and oxygen atoms in total. The molecule has 3 atom stereocenters. The van der Waals surface area contributed by atoms with Crippen LogP contribution < -0.4 is 4.74 Å². The van der Waals surface area contributed by atoms with Gasteiger partial charge in [-0.05, 0) is 68.1 Å². The van der Waals surface area contributed by atoms with Crippen LogP contribution in [0.15, 0.2) is 78.9 Å². The Bertz CT molecular complexity index is 1660. The number of hydrogen-bond acceptors (Lipinski definition) is 5. The molecule has 43 heavy (non-hydrogen) atoms. The van der Waals surface area contributed by atoms with Crippen molar-refractivity contribution in [3.8, 4) is 5.75 Å². The van der Waals surface area contributed by atoms with Crippen LogP contribution in [0.3, 0.4) is 0 Å². The van der Waals surface area contributed by atoms with Crippen molar-refractivity contribution in [1.29, 1.82) is 0 Å². The van der Waals surface area contributed by atoms with Crippen molar-refractivity contribution >= 4 is 22.8 Å². The fourth-order valence-corrected chi connectivity index (χ4v) is 5.74. The lowest BCUT2D eigenvalue weighted by atomic mass is 9.83. The Morgan fingerprint density at radius 2 is 1.65 bits per heavy atom. The molecule has 0 saturated heterocycles. The Labute approximate surface area is 250 Å². The summed E-state index contributed by atoms with van der Waals surface area (Å²) in [7, 11) is 1.08. The summed E-state index contributed by atoms with van der Waals surface area (Å²) in [6.07, 6.45) is -0.814. The molecule has 1 amide bonds. The predicted molar refractivity (Wildman–Crippen MR) is 160 cm³/mol. The number of carbonyl (C=O) groups excluding carboxylic acids is 2. The highest BCUT2D eigenvalue weighted by atomic mass is 19.1. The first-order valence-electron chi connectivity index (χ1n) is 14.3. The third-order valence-electron chi connectivity index (χ3n) is 7.74. The van der Waals surface area contributed by atoms with Gasteiger partial charge in [-0.3, -0.25) is 4.90 Å². The van der Waals surface area contributed by atoms with E-state index in [1.54, 1.807) is 11.0 Å². The molecule has 5 rings (SSSR count). The topological polar surface area (TPSA) is 65.1 Å². The van der Waals surface area contributed by atoms with E-state index in [2.05, 4.69) is 4.74 Å². The van der Waals surface area contributed by atoms with Crippen LogP contribution in [-0.2, 0) is 9.47 Å². The van der Waals surface area contributed by atoms with Gasteiger partial charge in [-0.2, -0.15) is 0 Å². The zero-order chi connectivity index (χ0) is 30.9. The maximum atomic E-state index is 15.8. The number of carbonyl (C=O) groups is 2. The molecule has 0 radical (unpaired) electrons. The zero-order valence-corrected chi connectivity index (χ0v) is 24.9. The second-order valence-electron chi connectivity index (χ2n) is 11.8. The largest absolute Gasteiger partial charge is 0.488 e. The number of halogens is 2. The Morgan fingerprint density at radius 1 is 0.953 bits per heavy atom. The molecule has 1 aliphatic rings. The number of hydrogen-bond donors (Lipinski definition) is 0. The van der Waals surface area contributed by atoms with Gasteiger partial charge in [0.2, 0.25) is 0 Å². The summed E-state index contributed by atoms with van der Waals surface area (Å²) in [5, 5.41) is 2.06.